The molecular formula is C24H28N4O4. The van der Waals surface area contributed by atoms with Crippen molar-refractivity contribution in [3.05, 3.63) is 60.2 Å². The molecule has 4 rings (SSSR count). The van der Waals surface area contributed by atoms with Gasteiger partial charge < -0.3 is 20.3 Å². The first kappa shape index (κ1) is 22.0. The Morgan fingerprint density at radius 3 is 2.34 bits per heavy atom. The van der Waals surface area contributed by atoms with Crippen LogP contribution in [-0.4, -0.2) is 73.0 Å². The summed E-state index contributed by atoms with van der Waals surface area (Å²) in [6.07, 6.45) is 1.42. The van der Waals surface area contributed by atoms with Crippen LogP contribution < -0.4 is 10.6 Å². The van der Waals surface area contributed by atoms with Crippen LogP contribution in [0.5, 0.6) is 0 Å². The van der Waals surface area contributed by atoms with E-state index in [-0.39, 0.29) is 30.4 Å². The van der Waals surface area contributed by atoms with Crippen LogP contribution in [0.3, 0.4) is 0 Å². The first-order valence-corrected chi connectivity index (χ1v) is 11.0. The van der Waals surface area contributed by atoms with Crippen LogP contribution >= 0.6 is 0 Å². The van der Waals surface area contributed by atoms with Crippen LogP contribution in [0.4, 0.5) is 11.4 Å². The number of nitrogens with one attached hydrogen (secondary N) is 2. The minimum atomic E-state index is -0.302. The van der Waals surface area contributed by atoms with Gasteiger partial charge in [0.2, 0.25) is 5.91 Å². The van der Waals surface area contributed by atoms with Gasteiger partial charge in [0.05, 0.1) is 17.8 Å². The molecule has 0 aromatic heterocycles. The standard InChI is InChI=1S/C24H28N4O4/c29-22(17-27-12-14-28(15-13-27)24(31)21-11-6-16-32-21)26-20-10-5-4-9-19(20)23(30)25-18-7-2-1-3-8-18/h1-5,7-10,21H,6,11-17H2,(H,25,30)(H,26,29). The van der Waals surface area contributed by atoms with Crippen molar-refractivity contribution in [2.24, 2.45) is 0 Å². The van der Waals surface area contributed by atoms with Gasteiger partial charge in [-0.25, -0.2) is 0 Å². The third-order valence-electron chi connectivity index (χ3n) is 5.73. The van der Waals surface area contributed by atoms with E-state index in [9.17, 15) is 14.4 Å². The number of hydrogen-bond acceptors (Lipinski definition) is 5. The van der Waals surface area contributed by atoms with E-state index in [4.69, 9.17) is 4.74 Å². The summed E-state index contributed by atoms with van der Waals surface area (Å²) in [5, 5.41) is 5.70. The van der Waals surface area contributed by atoms with Crippen molar-refractivity contribution in [2.45, 2.75) is 18.9 Å². The van der Waals surface area contributed by atoms with E-state index in [1.807, 2.05) is 40.1 Å². The summed E-state index contributed by atoms with van der Waals surface area (Å²) < 4.78 is 5.49. The lowest BCUT2D eigenvalue weighted by atomic mass is 10.1. The molecule has 2 N–H and O–H groups in total. The molecule has 0 aliphatic carbocycles. The zero-order chi connectivity index (χ0) is 22.3. The van der Waals surface area contributed by atoms with E-state index in [1.54, 1.807) is 24.3 Å². The Morgan fingerprint density at radius 2 is 1.62 bits per heavy atom. The van der Waals surface area contributed by atoms with Crippen molar-refractivity contribution in [3.8, 4) is 0 Å². The SMILES string of the molecule is O=C(CN1CCN(C(=O)C2CCCO2)CC1)Nc1ccccc1C(=O)Nc1ccccc1. The molecule has 1 atom stereocenters. The van der Waals surface area contributed by atoms with Crippen LogP contribution in [0.15, 0.2) is 54.6 Å². The minimum absolute atomic E-state index is 0.0601. The fourth-order valence-electron chi connectivity index (χ4n) is 4.01. The third-order valence-corrected chi connectivity index (χ3v) is 5.73. The Bertz CT molecular complexity index is 951. The maximum atomic E-state index is 12.7. The molecule has 2 heterocycles. The van der Waals surface area contributed by atoms with Gasteiger partial charge in [0.25, 0.3) is 11.8 Å². The Morgan fingerprint density at radius 1 is 0.906 bits per heavy atom. The quantitative estimate of drug-likeness (QED) is 0.725. The van der Waals surface area contributed by atoms with Crippen LogP contribution in [0, 0.1) is 0 Å². The number of nitrogens with zero attached hydrogens (tertiary/aromatic N) is 2. The van der Waals surface area contributed by atoms with Gasteiger partial charge in [0, 0.05) is 38.5 Å². The molecule has 168 valence electrons. The lowest BCUT2D eigenvalue weighted by Gasteiger charge is -2.35. The summed E-state index contributed by atoms with van der Waals surface area (Å²) in [6.45, 7) is 3.28. The number of amides is 3. The summed E-state index contributed by atoms with van der Waals surface area (Å²) >= 11 is 0. The Hall–Kier alpha value is -3.23. The highest BCUT2D eigenvalue weighted by Gasteiger charge is 2.30. The Labute approximate surface area is 187 Å². The highest BCUT2D eigenvalue weighted by atomic mass is 16.5. The van der Waals surface area contributed by atoms with Gasteiger partial charge in [-0.15, -0.1) is 0 Å². The average Bonchev–Trinajstić information content (AvgIpc) is 3.35. The monoisotopic (exact) mass is 436 g/mol. The molecule has 2 fully saturated rings. The van der Waals surface area contributed by atoms with E-state index in [2.05, 4.69) is 10.6 Å². The number of piperazine rings is 1. The molecule has 8 nitrogen and oxygen atoms in total. The zero-order valence-electron chi connectivity index (χ0n) is 18.0. The molecule has 2 saturated heterocycles. The second kappa shape index (κ2) is 10.4. The first-order valence-electron chi connectivity index (χ1n) is 11.0. The topological polar surface area (TPSA) is 91.0 Å². The zero-order valence-corrected chi connectivity index (χ0v) is 18.0. The number of ether oxygens (including phenoxy) is 1. The minimum Gasteiger partial charge on any atom is -0.368 e. The molecule has 0 spiro atoms. The lowest BCUT2D eigenvalue weighted by molar-refractivity contribution is -0.142. The van der Waals surface area contributed by atoms with Gasteiger partial charge >= 0.3 is 0 Å². The maximum Gasteiger partial charge on any atom is 0.257 e. The molecule has 1 unspecified atom stereocenters. The van der Waals surface area contributed by atoms with Crippen LogP contribution in [0.1, 0.15) is 23.2 Å². The second-order valence-electron chi connectivity index (χ2n) is 8.02. The van der Waals surface area contributed by atoms with Crippen molar-refractivity contribution >= 4 is 29.1 Å². The number of benzene rings is 2. The maximum absolute atomic E-state index is 12.7. The Balaban J connectivity index is 1.29. The molecule has 2 aliphatic rings. The smallest absolute Gasteiger partial charge is 0.257 e. The summed E-state index contributed by atoms with van der Waals surface area (Å²) in [5.74, 6) is -0.415. The van der Waals surface area contributed by atoms with Gasteiger partial charge in [-0.05, 0) is 37.1 Å². The average molecular weight is 437 g/mol. The van der Waals surface area contributed by atoms with E-state index < -0.39 is 0 Å². The fourth-order valence-corrected chi connectivity index (χ4v) is 4.01. The van der Waals surface area contributed by atoms with Gasteiger partial charge in [-0.2, -0.15) is 0 Å². The van der Waals surface area contributed by atoms with Gasteiger partial charge in [0.1, 0.15) is 6.10 Å². The highest BCUT2D eigenvalue weighted by molar-refractivity contribution is 6.10. The number of carbonyl (C=O) groups is 3. The van der Waals surface area contributed by atoms with Crippen molar-refractivity contribution in [1.29, 1.82) is 0 Å². The molecule has 0 radical (unpaired) electrons. The number of carbonyl (C=O) groups excluding carboxylic acids is 3. The molecule has 8 heteroatoms. The van der Waals surface area contributed by atoms with Crippen LogP contribution in [-0.2, 0) is 14.3 Å². The molecule has 0 bridgehead atoms. The fraction of sp³-hybridized carbons (Fsp3) is 0.375. The van der Waals surface area contributed by atoms with Crippen molar-refractivity contribution < 1.29 is 19.1 Å². The molecule has 32 heavy (non-hydrogen) atoms. The Kier molecular flexibility index (Phi) is 7.14. The number of para-hydroxylation sites is 2. The summed E-state index contributed by atoms with van der Waals surface area (Å²) in [4.78, 5) is 41.7. The first-order chi connectivity index (χ1) is 15.6. The molecule has 2 aromatic rings. The normalized spacial score (nSPS) is 18.9. The van der Waals surface area contributed by atoms with E-state index in [0.717, 1.165) is 12.8 Å². The van der Waals surface area contributed by atoms with Crippen LogP contribution in [0.25, 0.3) is 0 Å². The number of rotatable bonds is 6. The van der Waals surface area contributed by atoms with Crippen molar-refractivity contribution in [3.63, 3.8) is 0 Å². The third kappa shape index (κ3) is 5.52. The van der Waals surface area contributed by atoms with Gasteiger partial charge in [-0.3, -0.25) is 19.3 Å². The predicted octanol–water partition coefficient (Wildman–Crippen LogP) is 2.20. The van der Waals surface area contributed by atoms with Gasteiger partial charge in [-0.1, -0.05) is 30.3 Å². The van der Waals surface area contributed by atoms with Crippen molar-refractivity contribution in [1.82, 2.24) is 9.80 Å². The number of anilines is 2. The second-order valence-corrected chi connectivity index (χ2v) is 8.02. The van der Waals surface area contributed by atoms with Crippen molar-refractivity contribution in [2.75, 3.05) is 50.0 Å². The lowest BCUT2D eigenvalue weighted by Crippen LogP contribution is -2.52. The molecule has 3 amide bonds. The molecular weight excluding hydrogens is 408 g/mol. The van der Waals surface area contributed by atoms with E-state index >= 15 is 0 Å². The van der Waals surface area contributed by atoms with E-state index in [0.29, 0.717) is 49.7 Å². The van der Waals surface area contributed by atoms with E-state index in [1.165, 1.54) is 0 Å². The summed E-state index contributed by atoms with van der Waals surface area (Å²) in [6, 6.07) is 16.1. The molecule has 0 saturated carbocycles. The molecule has 2 aromatic carbocycles. The number of hydrogen-bond donors (Lipinski definition) is 2. The molecule has 2 aliphatic heterocycles. The summed E-state index contributed by atoms with van der Waals surface area (Å²) in [7, 11) is 0. The van der Waals surface area contributed by atoms with Gasteiger partial charge in [0.15, 0.2) is 0 Å². The summed E-state index contributed by atoms with van der Waals surface area (Å²) in [5.41, 5.74) is 1.56. The predicted molar refractivity (Wildman–Crippen MR) is 121 cm³/mol. The highest BCUT2D eigenvalue weighted by Crippen LogP contribution is 2.18. The van der Waals surface area contributed by atoms with Crippen LogP contribution in [0.2, 0.25) is 0 Å². The largest absolute Gasteiger partial charge is 0.368 e.